The van der Waals surface area contributed by atoms with Gasteiger partial charge < -0.3 is 15.4 Å². The smallest absolute Gasteiger partial charge is 0.191 e. The van der Waals surface area contributed by atoms with Crippen molar-refractivity contribution >= 4 is 17.3 Å². The summed E-state index contributed by atoms with van der Waals surface area (Å²) in [5, 5.41) is 4.14. The molecule has 0 bridgehead atoms. The number of hydrogen-bond donors (Lipinski definition) is 1. The second kappa shape index (κ2) is 5.14. The fraction of sp³-hybridized carbons (Fsp3) is 0.500. The number of guanidine groups is 1. The van der Waals surface area contributed by atoms with Crippen LogP contribution in [0.15, 0.2) is 21.8 Å². The van der Waals surface area contributed by atoms with Crippen molar-refractivity contribution in [3.05, 3.63) is 22.4 Å². The van der Waals surface area contributed by atoms with Crippen molar-refractivity contribution in [3.63, 3.8) is 0 Å². The molecule has 1 aromatic rings. The van der Waals surface area contributed by atoms with Crippen molar-refractivity contribution in [3.8, 4) is 0 Å². The maximum absolute atomic E-state index is 5.89. The highest BCUT2D eigenvalue weighted by Crippen LogP contribution is 2.07. The predicted molar refractivity (Wildman–Crippen MR) is 62.0 cm³/mol. The first-order valence-electron chi connectivity index (χ1n) is 5.00. The van der Waals surface area contributed by atoms with Crippen LogP contribution in [0.4, 0.5) is 0 Å². The lowest BCUT2D eigenvalue weighted by Gasteiger charge is -2.27. The second-order valence-electron chi connectivity index (χ2n) is 3.41. The first kappa shape index (κ1) is 10.4. The Bertz CT molecular complexity index is 317. The SMILES string of the molecule is NC(=NCc1ccsc1)N1CCOCC1. The number of rotatable bonds is 2. The fourth-order valence-corrected chi connectivity index (χ4v) is 2.11. The minimum atomic E-state index is 0.629. The van der Waals surface area contributed by atoms with E-state index in [4.69, 9.17) is 10.5 Å². The number of nitrogens with zero attached hydrogens (tertiary/aromatic N) is 2. The first-order chi connectivity index (χ1) is 7.36. The number of morpholine rings is 1. The lowest BCUT2D eigenvalue weighted by atomic mass is 10.3. The Labute approximate surface area is 93.4 Å². The molecule has 0 aromatic carbocycles. The van der Waals surface area contributed by atoms with Crippen molar-refractivity contribution in [2.45, 2.75) is 6.54 Å². The van der Waals surface area contributed by atoms with E-state index in [1.807, 2.05) is 0 Å². The highest BCUT2D eigenvalue weighted by molar-refractivity contribution is 7.07. The molecule has 5 heteroatoms. The van der Waals surface area contributed by atoms with Gasteiger partial charge in [-0.2, -0.15) is 11.3 Å². The first-order valence-corrected chi connectivity index (χ1v) is 5.94. The van der Waals surface area contributed by atoms with Gasteiger partial charge in [-0.1, -0.05) is 0 Å². The van der Waals surface area contributed by atoms with Gasteiger partial charge in [0.1, 0.15) is 0 Å². The molecule has 1 aliphatic heterocycles. The van der Waals surface area contributed by atoms with Gasteiger partial charge in [0.15, 0.2) is 5.96 Å². The highest BCUT2D eigenvalue weighted by Gasteiger charge is 2.11. The largest absolute Gasteiger partial charge is 0.378 e. The zero-order valence-electron chi connectivity index (χ0n) is 8.56. The molecule has 2 N–H and O–H groups in total. The van der Waals surface area contributed by atoms with Gasteiger partial charge in [0.25, 0.3) is 0 Å². The molecule has 15 heavy (non-hydrogen) atoms. The minimum Gasteiger partial charge on any atom is -0.378 e. The molecular weight excluding hydrogens is 210 g/mol. The van der Waals surface area contributed by atoms with Crippen molar-refractivity contribution < 1.29 is 4.74 Å². The zero-order chi connectivity index (χ0) is 10.5. The minimum absolute atomic E-state index is 0.629. The molecule has 1 aromatic heterocycles. The van der Waals surface area contributed by atoms with Gasteiger partial charge in [-0.3, -0.25) is 0 Å². The van der Waals surface area contributed by atoms with E-state index < -0.39 is 0 Å². The van der Waals surface area contributed by atoms with Gasteiger partial charge in [-0.25, -0.2) is 4.99 Å². The lowest BCUT2D eigenvalue weighted by molar-refractivity contribution is 0.0674. The molecule has 0 saturated carbocycles. The molecule has 0 aliphatic carbocycles. The quantitative estimate of drug-likeness (QED) is 0.601. The maximum Gasteiger partial charge on any atom is 0.191 e. The molecule has 4 nitrogen and oxygen atoms in total. The Morgan fingerprint density at radius 1 is 1.53 bits per heavy atom. The summed E-state index contributed by atoms with van der Waals surface area (Å²) in [6.45, 7) is 3.86. The predicted octanol–water partition coefficient (Wildman–Crippen LogP) is 0.895. The molecule has 0 unspecified atom stereocenters. The van der Waals surface area contributed by atoms with Crippen LogP contribution in [0.1, 0.15) is 5.56 Å². The Hall–Kier alpha value is -1.07. The molecular formula is C10H15N3OS. The van der Waals surface area contributed by atoms with Crippen LogP contribution < -0.4 is 5.73 Å². The number of hydrogen-bond acceptors (Lipinski definition) is 3. The average Bonchev–Trinajstić information content (AvgIpc) is 2.80. The summed E-state index contributed by atoms with van der Waals surface area (Å²) in [5.41, 5.74) is 7.11. The summed E-state index contributed by atoms with van der Waals surface area (Å²) in [5.74, 6) is 0.629. The van der Waals surface area contributed by atoms with E-state index >= 15 is 0 Å². The molecule has 1 saturated heterocycles. The Kier molecular flexibility index (Phi) is 3.58. The van der Waals surface area contributed by atoms with E-state index in [9.17, 15) is 0 Å². The van der Waals surface area contributed by atoms with Gasteiger partial charge in [0.2, 0.25) is 0 Å². The van der Waals surface area contributed by atoms with Crippen LogP contribution in [0.2, 0.25) is 0 Å². The Balaban J connectivity index is 1.88. The van der Waals surface area contributed by atoms with E-state index in [1.165, 1.54) is 5.56 Å². The third-order valence-corrected chi connectivity index (χ3v) is 3.07. The van der Waals surface area contributed by atoms with E-state index in [1.54, 1.807) is 11.3 Å². The zero-order valence-corrected chi connectivity index (χ0v) is 9.37. The molecule has 0 spiro atoms. The highest BCUT2D eigenvalue weighted by atomic mass is 32.1. The molecule has 1 aliphatic rings. The van der Waals surface area contributed by atoms with Gasteiger partial charge in [-0.15, -0.1) is 0 Å². The maximum atomic E-state index is 5.89. The van der Waals surface area contributed by atoms with E-state index in [-0.39, 0.29) is 0 Å². The van der Waals surface area contributed by atoms with E-state index in [0.717, 1.165) is 26.3 Å². The van der Waals surface area contributed by atoms with Crippen molar-refractivity contribution in [2.24, 2.45) is 10.7 Å². The second-order valence-corrected chi connectivity index (χ2v) is 4.19. The third-order valence-electron chi connectivity index (χ3n) is 2.34. The molecule has 1 fully saturated rings. The summed E-state index contributed by atoms with van der Waals surface area (Å²) in [7, 11) is 0. The van der Waals surface area contributed by atoms with Gasteiger partial charge in [0.05, 0.1) is 19.8 Å². The standard InChI is InChI=1S/C10H15N3OS/c11-10(13-2-4-14-5-3-13)12-7-9-1-6-15-8-9/h1,6,8H,2-5,7H2,(H2,11,12). The van der Waals surface area contributed by atoms with Crippen LogP contribution in [-0.4, -0.2) is 37.2 Å². The van der Waals surface area contributed by atoms with Crippen LogP contribution in [0.25, 0.3) is 0 Å². The van der Waals surface area contributed by atoms with Crippen LogP contribution in [0.5, 0.6) is 0 Å². The molecule has 2 heterocycles. The molecule has 0 radical (unpaired) electrons. The summed E-state index contributed by atoms with van der Waals surface area (Å²) >= 11 is 1.68. The molecule has 82 valence electrons. The summed E-state index contributed by atoms with van der Waals surface area (Å²) in [6, 6.07) is 2.07. The van der Waals surface area contributed by atoms with Crippen LogP contribution in [-0.2, 0) is 11.3 Å². The molecule has 2 rings (SSSR count). The van der Waals surface area contributed by atoms with Crippen molar-refractivity contribution in [2.75, 3.05) is 26.3 Å². The Morgan fingerprint density at radius 2 is 2.33 bits per heavy atom. The van der Waals surface area contributed by atoms with Crippen LogP contribution in [0.3, 0.4) is 0 Å². The van der Waals surface area contributed by atoms with Crippen LogP contribution >= 0.6 is 11.3 Å². The van der Waals surface area contributed by atoms with Crippen LogP contribution in [0, 0.1) is 0 Å². The topological polar surface area (TPSA) is 50.8 Å². The summed E-state index contributed by atoms with van der Waals surface area (Å²) in [4.78, 5) is 6.43. The third kappa shape index (κ3) is 2.94. The number of ether oxygens (including phenoxy) is 1. The van der Waals surface area contributed by atoms with Gasteiger partial charge in [0, 0.05) is 13.1 Å². The summed E-state index contributed by atoms with van der Waals surface area (Å²) in [6.07, 6.45) is 0. The number of thiophene rings is 1. The van der Waals surface area contributed by atoms with Crippen molar-refractivity contribution in [1.29, 1.82) is 0 Å². The molecule has 0 amide bonds. The summed E-state index contributed by atoms with van der Waals surface area (Å²) < 4.78 is 5.25. The van der Waals surface area contributed by atoms with Crippen molar-refractivity contribution in [1.82, 2.24) is 4.90 Å². The van der Waals surface area contributed by atoms with Gasteiger partial charge in [-0.05, 0) is 22.4 Å². The Morgan fingerprint density at radius 3 is 3.00 bits per heavy atom. The average molecular weight is 225 g/mol. The molecule has 0 atom stereocenters. The van der Waals surface area contributed by atoms with Gasteiger partial charge >= 0.3 is 0 Å². The fourth-order valence-electron chi connectivity index (χ4n) is 1.45. The monoisotopic (exact) mass is 225 g/mol. The van der Waals surface area contributed by atoms with E-state index in [0.29, 0.717) is 12.5 Å². The number of nitrogens with two attached hydrogens (primary N) is 1. The number of aliphatic imine (C=N–C) groups is 1. The van der Waals surface area contributed by atoms with E-state index in [2.05, 4.69) is 26.7 Å². The normalized spacial score (nSPS) is 18.1. The lowest BCUT2D eigenvalue weighted by Crippen LogP contribution is -2.44.